The Bertz CT molecular complexity index is 564. The first-order valence-electron chi connectivity index (χ1n) is 6.89. The number of imidazole rings is 1. The molecule has 0 aromatic carbocycles. The maximum atomic E-state index is 5.97. The molecule has 0 radical (unpaired) electrons. The summed E-state index contributed by atoms with van der Waals surface area (Å²) in [7, 11) is 0. The van der Waals surface area contributed by atoms with E-state index in [2.05, 4.69) is 32.2 Å². The van der Waals surface area contributed by atoms with Gasteiger partial charge in [0.25, 0.3) is 0 Å². The summed E-state index contributed by atoms with van der Waals surface area (Å²) in [4.78, 5) is 16.6. The fourth-order valence-corrected chi connectivity index (χ4v) is 2.83. The third-order valence-corrected chi connectivity index (χ3v) is 3.96. The van der Waals surface area contributed by atoms with Gasteiger partial charge in [-0.05, 0) is 37.3 Å². The van der Waals surface area contributed by atoms with Crippen LogP contribution in [-0.2, 0) is 0 Å². The van der Waals surface area contributed by atoms with Gasteiger partial charge in [-0.1, -0.05) is 12.8 Å². The lowest BCUT2D eigenvalue weighted by molar-refractivity contribution is 0.479. The molecule has 6 nitrogen and oxygen atoms in total. The van der Waals surface area contributed by atoms with Crippen LogP contribution in [-0.4, -0.2) is 30.5 Å². The lowest BCUT2D eigenvalue weighted by Crippen LogP contribution is -2.25. The molecule has 1 atom stereocenters. The topological polar surface area (TPSA) is 68.5 Å². The van der Waals surface area contributed by atoms with E-state index in [1.807, 2.05) is 0 Å². The average Bonchev–Trinajstić information content (AvgIpc) is 3.12. The second kappa shape index (κ2) is 5.75. The van der Waals surface area contributed by atoms with Crippen molar-refractivity contribution >= 4 is 17.5 Å². The first kappa shape index (κ1) is 13.3. The van der Waals surface area contributed by atoms with Crippen LogP contribution in [0.5, 0.6) is 0 Å². The van der Waals surface area contributed by atoms with Crippen molar-refractivity contribution in [3.8, 4) is 5.95 Å². The van der Waals surface area contributed by atoms with Crippen molar-refractivity contribution in [2.75, 3.05) is 5.32 Å². The lowest BCUT2D eigenvalue weighted by atomic mass is 10.0. The minimum atomic E-state index is 0.185. The van der Waals surface area contributed by atoms with Crippen molar-refractivity contribution < 1.29 is 0 Å². The zero-order valence-electron chi connectivity index (χ0n) is 11.3. The monoisotopic (exact) mass is 292 g/mol. The molecular weight excluding hydrogens is 276 g/mol. The highest BCUT2D eigenvalue weighted by molar-refractivity contribution is 6.28. The zero-order valence-corrected chi connectivity index (χ0v) is 12.1. The van der Waals surface area contributed by atoms with E-state index in [0.717, 1.165) is 0 Å². The summed E-state index contributed by atoms with van der Waals surface area (Å²) in [5.74, 6) is 1.68. The van der Waals surface area contributed by atoms with Crippen LogP contribution in [0.15, 0.2) is 18.7 Å². The minimum Gasteiger partial charge on any atom is -0.351 e. The molecule has 106 valence electrons. The van der Waals surface area contributed by atoms with Gasteiger partial charge >= 0.3 is 0 Å². The first-order chi connectivity index (χ1) is 9.72. The smallest absolute Gasteiger partial charge is 0.241 e. The zero-order chi connectivity index (χ0) is 13.9. The normalized spacial score (nSPS) is 17.3. The standard InChI is InChI=1S/C13H17ClN6/c1-9(10-4-2-3-5-10)16-12-17-11(14)18-13(19-12)20-7-6-15-8-20/h6-10H,2-5H2,1H3,(H,16,17,18,19). The Labute approximate surface area is 122 Å². The van der Waals surface area contributed by atoms with Crippen molar-refractivity contribution in [1.82, 2.24) is 24.5 Å². The second-order valence-corrected chi connectivity index (χ2v) is 5.51. The first-order valence-corrected chi connectivity index (χ1v) is 7.26. The number of nitrogens with zero attached hydrogens (tertiary/aromatic N) is 5. The van der Waals surface area contributed by atoms with Crippen LogP contribution in [0.2, 0.25) is 5.28 Å². The predicted molar refractivity (Wildman–Crippen MR) is 77.0 cm³/mol. The molecule has 2 aromatic rings. The summed E-state index contributed by atoms with van der Waals surface area (Å²) in [6.07, 6.45) is 10.2. The molecule has 1 N–H and O–H groups in total. The van der Waals surface area contributed by atoms with E-state index in [1.165, 1.54) is 25.7 Å². The molecule has 0 bridgehead atoms. The van der Waals surface area contributed by atoms with Crippen LogP contribution in [0.25, 0.3) is 5.95 Å². The van der Waals surface area contributed by atoms with Crippen LogP contribution in [0.4, 0.5) is 5.95 Å². The number of aromatic nitrogens is 5. The third-order valence-electron chi connectivity index (χ3n) is 3.80. The number of anilines is 1. The van der Waals surface area contributed by atoms with Gasteiger partial charge in [0.2, 0.25) is 17.2 Å². The number of nitrogens with one attached hydrogen (secondary N) is 1. The van der Waals surface area contributed by atoms with Crippen molar-refractivity contribution in [2.24, 2.45) is 5.92 Å². The molecule has 2 heterocycles. The molecule has 0 spiro atoms. The van der Waals surface area contributed by atoms with Crippen LogP contribution < -0.4 is 5.32 Å². The van der Waals surface area contributed by atoms with Crippen LogP contribution in [0, 0.1) is 5.92 Å². The largest absolute Gasteiger partial charge is 0.351 e. The molecule has 3 rings (SSSR count). The summed E-state index contributed by atoms with van der Waals surface area (Å²) in [6.45, 7) is 2.17. The van der Waals surface area contributed by atoms with Gasteiger partial charge < -0.3 is 5.32 Å². The van der Waals surface area contributed by atoms with Gasteiger partial charge in [-0.25, -0.2) is 4.98 Å². The van der Waals surface area contributed by atoms with E-state index in [-0.39, 0.29) is 5.28 Å². The van der Waals surface area contributed by atoms with Gasteiger partial charge in [0.1, 0.15) is 6.33 Å². The summed E-state index contributed by atoms with van der Waals surface area (Å²) >= 11 is 5.97. The molecule has 0 aliphatic heterocycles. The van der Waals surface area contributed by atoms with Gasteiger partial charge in [0, 0.05) is 18.4 Å². The van der Waals surface area contributed by atoms with Crippen molar-refractivity contribution in [3.05, 3.63) is 24.0 Å². The molecule has 1 fully saturated rings. The molecule has 2 aromatic heterocycles. The average molecular weight is 293 g/mol. The number of rotatable bonds is 4. The Morgan fingerprint density at radius 3 is 2.80 bits per heavy atom. The summed E-state index contributed by atoms with van der Waals surface area (Å²) in [6, 6.07) is 0.339. The second-order valence-electron chi connectivity index (χ2n) is 5.18. The predicted octanol–water partition coefficient (Wildman–Crippen LogP) is 2.70. The Morgan fingerprint density at radius 2 is 2.10 bits per heavy atom. The quantitative estimate of drug-likeness (QED) is 0.938. The molecule has 1 saturated carbocycles. The SMILES string of the molecule is CC(Nc1nc(Cl)nc(-n2ccnc2)n1)C1CCCC1. The highest BCUT2D eigenvalue weighted by Gasteiger charge is 2.22. The van der Waals surface area contributed by atoms with Gasteiger partial charge in [0.15, 0.2) is 0 Å². The van der Waals surface area contributed by atoms with E-state index in [1.54, 1.807) is 23.3 Å². The van der Waals surface area contributed by atoms with Gasteiger partial charge in [0.05, 0.1) is 0 Å². The minimum absolute atomic E-state index is 0.185. The highest BCUT2D eigenvalue weighted by Crippen LogP contribution is 2.28. The fraction of sp³-hybridized carbons (Fsp3) is 0.538. The van der Waals surface area contributed by atoms with E-state index in [0.29, 0.717) is 23.9 Å². The van der Waals surface area contributed by atoms with E-state index < -0.39 is 0 Å². The molecule has 1 aliphatic rings. The molecule has 1 aliphatic carbocycles. The van der Waals surface area contributed by atoms with Gasteiger partial charge in [-0.15, -0.1) is 0 Å². The summed E-state index contributed by atoms with van der Waals surface area (Å²) in [5.41, 5.74) is 0. The summed E-state index contributed by atoms with van der Waals surface area (Å²) in [5, 5.41) is 3.53. The maximum absolute atomic E-state index is 5.97. The van der Waals surface area contributed by atoms with Crippen LogP contribution in [0.1, 0.15) is 32.6 Å². The van der Waals surface area contributed by atoms with Crippen molar-refractivity contribution in [3.63, 3.8) is 0 Å². The van der Waals surface area contributed by atoms with Crippen molar-refractivity contribution in [2.45, 2.75) is 38.6 Å². The van der Waals surface area contributed by atoms with Gasteiger partial charge in [-0.2, -0.15) is 15.0 Å². The Balaban J connectivity index is 1.79. The van der Waals surface area contributed by atoms with Crippen molar-refractivity contribution in [1.29, 1.82) is 0 Å². The number of hydrogen-bond donors (Lipinski definition) is 1. The highest BCUT2D eigenvalue weighted by atomic mass is 35.5. The Kier molecular flexibility index (Phi) is 3.82. The lowest BCUT2D eigenvalue weighted by Gasteiger charge is -2.20. The third kappa shape index (κ3) is 2.90. The number of hydrogen-bond acceptors (Lipinski definition) is 5. The maximum Gasteiger partial charge on any atom is 0.241 e. The Hall–Kier alpha value is -1.69. The van der Waals surface area contributed by atoms with Gasteiger partial charge in [-0.3, -0.25) is 4.57 Å². The molecule has 1 unspecified atom stereocenters. The fourth-order valence-electron chi connectivity index (χ4n) is 2.68. The van der Waals surface area contributed by atoms with Crippen LogP contribution >= 0.6 is 11.6 Å². The molecule has 7 heteroatoms. The molecular formula is C13H17ClN6. The van der Waals surface area contributed by atoms with E-state index in [4.69, 9.17) is 11.6 Å². The Morgan fingerprint density at radius 1 is 1.30 bits per heavy atom. The van der Waals surface area contributed by atoms with E-state index in [9.17, 15) is 0 Å². The molecule has 20 heavy (non-hydrogen) atoms. The molecule has 0 amide bonds. The molecule has 0 saturated heterocycles. The number of halogens is 1. The summed E-state index contributed by atoms with van der Waals surface area (Å²) < 4.78 is 1.71. The van der Waals surface area contributed by atoms with Crippen LogP contribution in [0.3, 0.4) is 0 Å². The van der Waals surface area contributed by atoms with E-state index >= 15 is 0 Å².